The number of rotatable bonds is 8. The minimum Gasteiger partial charge on any atom is -0.497 e. The summed E-state index contributed by atoms with van der Waals surface area (Å²) in [4.78, 5) is 23.6. The summed E-state index contributed by atoms with van der Waals surface area (Å²) < 4.78 is 10.2. The molecule has 0 aromatic heterocycles. The van der Waals surface area contributed by atoms with Crippen LogP contribution in [0.25, 0.3) is 0 Å². The fraction of sp³-hybridized carbons (Fsp3) is 0.263. The van der Waals surface area contributed by atoms with Crippen LogP contribution in [0.1, 0.15) is 12.0 Å². The summed E-state index contributed by atoms with van der Waals surface area (Å²) in [5, 5.41) is 2.96. The van der Waals surface area contributed by atoms with Gasteiger partial charge < -0.3 is 14.8 Å². The summed E-state index contributed by atoms with van der Waals surface area (Å²) in [6.07, 6.45) is 0.855. The van der Waals surface area contributed by atoms with E-state index >= 15 is 0 Å². The van der Waals surface area contributed by atoms with E-state index in [-0.39, 0.29) is 24.8 Å². The highest BCUT2D eigenvalue weighted by Gasteiger charge is 2.05. The van der Waals surface area contributed by atoms with Gasteiger partial charge in [0.2, 0.25) is 5.91 Å². The summed E-state index contributed by atoms with van der Waals surface area (Å²) in [7, 11) is 3.20. The third kappa shape index (κ3) is 6.35. The number of methoxy groups -OCH3 is 2. The highest BCUT2D eigenvalue weighted by atomic mass is 16.5. The molecule has 0 aliphatic heterocycles. The lowest BCUT2D eigenvalue weighted by molar-refractivity contribution is -0.128. The second-order valence-electron chi connectivity index (χ2n) is 5.53. The van der Waals surface area contributed by atoms with Crippen molar-refractivity contribution in [2.45, 2.75) is 12.8 Å². The smallest absolute Gasteiger partial charge is 0.257 e. The Balaban J connectivity index is 1.64. The predicted molar refractivity (Wildman–Crippen MR) is 99.1 cm³/mol. The Kier molecular flexibility index (Phi) is 7.30. The van der Waals surface area contributed by atoms with E-state index in [1.165, 1.54) is 0 Å². The van der Waals surface area contributed by atoms with Gasteiger partial charge in [0, 0.05) is 12.1 Å². The zero-order chi connectivity index (χ0) is 18.8. The molecule has 0 aliphatic carbocycles. The van der Waals surface area contributed by atoms with Crippen molar-refractivity contribution in [3.63, 3.8) is 0 Å². The Morgan fingerprint density at radius 1 is 0.808 bits per heavy atom. The first kappa shape index (κ1) is 19.1. The lowest BCUT2D eigenvalue weighted by atomic mass is 10.1. The van der Waals surface area contributed by atoms with Gasteiger partial charge in [0.1, 0.15) is 11.5 Å². The lowest BCUT2D eigenvalue weighted by Crippen LogP contribution is -2.44. The molecule has 0 heterocycles. The molecule has 0 saturated heterocycles. The molecule has 2 aromatic carbocycles. The topological polar surface area (TPSA) is 88.7 Å². The SMILES string of the molecule is COc1ccc(CCC(=O)NNC(=O)CNc2ccc(OC)cc2)cc1. The summed E-state index contributed by atoms with van der Waals surface area (Å²) in [5.41, 5.74) is 6.60. The molecule has 26 heavy (non-hydrogen) atoms. The number of hydrazine groups is 1. The average Bonchev–Trinajstić information content (AvgIpc) is 2.69. The van der Waals surface area contributed by atoms with Crippen molar-refractivity contribution in [3.05, 3.63) is 54.1 Å². The zero-order valence-electron chi connectivity index (χ0n) is 14.9. The maximum Gasteiger partial charge on any atom is 0.257 e. The number of benzene rings is 2. The van der Waals surface area contributed by atoms with Crippen molar-refractivity contribution in [1.82, 2.24) is 10.9 Å². The number of carbonyl (C=O) groups excluding carboxylic acids is 2. The van der Waals surface area contributed by atoms with Crippen LogP contribution in [0.5, 0.6) is 11.5 Å². The van der Waals surface area contributed by atoms with Gasteiger partial charge in [-0.15, -0.1) is 0 Å². The second kappa shape index (κ2) is 9.93. The van der Waals surface area contributed by atoms with E-state index in [2.05, 4.69) is 16.2 Å². The van der Waals surface area contributed by atoms with E-state index in [1.54, 1.807) is 38.5 Å². The van der Waals surface area contributed by atoms with Gasteiger partial charge in [-0.1, -0.05) is 12.1 Å². The van der Waals surface area contributed by atoms with Crippen LogP contribution in [-0.4, -0.2) is 32.6 Å². The summed E-state index contributed by atoms with van der Waals surface area (Å²) in [5.74, 6) is 0.927. The van der Waals surface area contributed by atoms with Crippen molar-refractivity contribution in [2.75, 3.05) is 26.1 Å². The Morgan fingerprint density at radius 3 is 1.92 bits per heavy atom. The largest absolute Gasteiger partial charge is 0.497 e. The Morgan fingerprint density at radius 2 is 1.35 bits per heavy atom. The van der Waals surface area contributed by atoms with Crippen molar-refractivity contribution in [2.24, 2.45) is 0 Å². The van der Waals surface area contributed by atoms with Crippen LogP contribution in [0, 0.1) is 0 Å². The second-order valence-corrected chi connectivity index (χ2v) is 5.53. The molecule has 2 amide bonds. The molecule has 2 rings (SSSR count). The summed E-state index contributed by atoms with van der Waals surface area (Å²) >= 11 is 0. The first-order valence-electron chi connectivity index (χ1n) is 8.19. The van der Waals surface area contributed by atoms with Crippen molar-refractivity contribution in [1.29, 1.82) is 0 Å². The zero-order valence-corrected chi connectivity index (χ0v) is 14.9. The van der Waals surface area contributed by atoms with Gasteiger partial charge in [0.25, 0.3) is 5.91 Å². The monoisotopic (exact) mass is 357 g/mol. The van der Waals surface area contributed by atoms with Crippen LogP contribution < -0.4 is 25.6 Å². The number of hydrogen-bond acceptors (Lipinski definition) is 5. The minimum absolute atomic E-state index is 0.0467. The van der Waals surface area contributed by atoms with Gasteiger partial charge in [-0.25, -0.2) is 0 Å². The number of amides is 2. The summed E-state index contributed by atoms with van der Waals surface area (Å²) in [6.45, 7) is 0.0467. The maximum atomic E-state index is 11.8. The van der Waals surface area contributed by atoms with Gasteiger partial charge in [-0.3, -0.25) is 20.4 Å². The summed E-state index contributed by atoms with van der Waals surface area (Å²) in [6, 6.07) is 14.7. The number of hydrogen-bond donors (Lipinski definition) is 3. The van der Waals surface area contributed by atoms with Crippen LogP contribution >= 0.6 is 0 Å². The third-order valence-corrected chi connectivity index (χ3v) is 3.68. The first-order valence-corrected chi connectivity index (χ1v) is 8.19. The Hall–Kier alpha value is -3.22. The van der Waals surface area contributed by atoms with E-state index in [0.29, 0.717) is 6.42 Å². The molecular formula is C19H23N3O4. The van der Waals surface area contributed by atoms with E-state index < -0.39 is 0 Å². The number of carbonyl (C=O) groups is 2. The van der Waals surface area contributed by atoms with Crippen LogP contribution in [0.4, 0.5) is 5.69 Å². The van der Waals surface area contributed by atoms with E-state index in [9.17, 15) is 9.59 Å². The van der Waals surface area contributed by atoms with Crippen LogP contribution in [0.15, 0.2) is 48.5 Å². The molecule has 0 atom stereocenters. The van der Waals surface area contributed by atoms with Gasteiger partial charge in [-0.2, -0.15) is 0 Å². The Labute approximate surface area is 152 Å². The number of aryl methyl sites for hydroxylation is 1. The van der Waals surface area contributed by atoms with Gasteiger partial charge in [0.15, 0.2) is 0 Å². The molecule has 0 bridgehead atoms. The molecule has 0 radical (unpaired) electrons. The number of anilines is 1. The quantitative estimate of drug-likeness (QED) is 0.628. The minimum atomic E-state index is -0.335. The predicted octanol–water partition coefficient (Wildman–Crippen LogP) is 1.90. The van der Waals surface area contributed by atoms with Gasteiger partial charge in [0.05, 0.1) is 20.8 Å². The molecular weight excluding hydrogens is 334 g/mol. The van der Waals surface area contributed by atoms with E-state index in [1.807, 2.05) is 24.3 Å². The van der Waals surface area contributed by atoms with Crippen molar-refractivity contribution >= 4 is 17.5 Å². The van der Waals surface area contributed by atoms with Crippen LogP contribution in [0.3, 0.4) is 0 Å². The lowest BCUT2D eigenvalue weighted by Gasteiger charge is -2.09. The molecule has 7 nitrogen and oxygen atoms in total. The van der Waals surface area contributed by atoms with E-state index in [4.69, 9.17) is 9.47 Å². The molecule has 0 aliphatic rings. The number of nitrogens with one attached hydrogen (secondary N) is 3. The maximum absolute atomic E-state index is 11.8. The van der Waals surface area contributed by atoms with Crippen LogP contribution in [0.2, 0.25) is 0 Å². The molecule has 2 aromatic rings. The molecule has 0 spiro atoms. The normalized spacial score (nSPS) is 9.92. The fourth-order valence-electron chi connectivity index (χ4n) is 2.19. The van der Waals surface area contributed by atoms with Gasteiger partial charge in [-0.05, 0) is 48.4 Å². The standard InChI is InChI=1S/C19H23N3O4/c1-25-16-8-3-14(4-9-16)5-12-18(23)21-22-19(24)13-20-15-6-10-17(26-2)11-7-15/h3-4,6-11,20H,5,12-13H2,1-2H3,(H,21,23)(H,22,24). The van der Waals surface area contributed by atoms with Crippen molar-refractivity contribution in [3.8, 4) is 11.5 Å². The van der Waals surface area contributed by atoms with Crippen molar-refractivity contribution < 1.29 is 19.1 Å². The van der Waals surface area contributed by atoms with Gasteiger partial charge >= 0.3 is 0 Å². The molecule has 0 fully saturated rings. The van der Waals surface area contributed by atoms with Crippen LogP contribution in [-0.2, 0) is 16.0 Å². The average molecular weight is 357 g/mol. The first-order chi connectivity index (χ1) is 12.6. The molecule has 3 N–H and O–H groups in total. The molecule has 7 heteroatoms. The highest BCUT2D eigenvalue weighted by molar-refractivity contribution is 5.84. The third-order valence-electron chi connectivity index (χ3n) is 3.68. The Bertz CT molecular complexity index is 651. The number of ether oxygens (including phenoxy) is 2. The molecule has 0 unspecified atom stereocenters. The van der Waals surface area contributed by atoms with E-state index in [0.717, 1.165) is 22.7 Å². The molecule has 0 saturated carbocycles. The fourth-order valence-corrected chi connectivity index (χ4v) is 2.19. The highest BCUT2D eigenvalue weighted by Crippen LogP contribution is 2.14. The molecule has 138 valence electrons.